The summed E-state index contributed by atoms with van der Waals surface area (Å²) in [7, 11) is 0. The molecule has 0 saturated heterocycles. The predicted molar refractivity (Wildman–Crippen MR) is 96.6 cm³/mol. The van der Waals surface area contributed by atoms with Crippen molar-refractivity contribution in [1.82, 2.24) is 14.5 Å². The van der Waals surface area contributed by atoms with Crippen LogP contribution < -0.4 is 4.74 Å². The molecule has 1 aromatic heterocycles. The summed E-state index contributed by atoms with van der Waals surface area (Å²) in [6.45, 7) is 5.12. The van der Waals surface area contributed by atoms with Gasteiger partial charge in [0.15, 0.2) is 5.75 Å². The van der Waals surface area contributed by atoms with E-state index in [1.807, 2.05) is 13.8 Å². The third-order valence-corrected chi connectivity index (χ3v) is 4.05. The predicted octanol–water partition coefficient (Wildman–Crippen LogP) is 4.91. The minimum Gasteiger partial charge on any atom is -0.489 e. The molecule has 0 bridgehead atoms. The Labute approximate surface area is 156 Å². The number of ether oxygens (including phenoxy) is 1. The highest BCUT2D eigenvalue weighted by molar-refractivity contribution is 6.40. The maximum absolute atomic E-state index is 12.5. The van der Waals surface area contributed by atoms with Crippen LogP contribution in [-0.2, 0) is 0 Å². The maximum Gasteiger partial charge on any atom is 0.329 e. The van der Waals surface area contributed by atoms with Gasteiger partial charge < -0.3 is 9.64 Å². The zero-order valence-electron chi connectivity index (χ0n) is 13.4. The first kappa shape index (κ1) is 18.9. The number of imidazole rings is 1. The largest absolute Gasteiger partial charge is 0.489 e. The van der Waals surface area contributed by atoms with Crippen LogP contribution in [0.3, 0.4) is 0 Å². The van der Waals surface area contributed by atoms with E-state index in [0.29, 0.717) is 33.9 Å². The van der Waals surface area contributed by atoms with Crippen LogP contribution in [0.15, 0.2) is 24.7 Å². The molecule has 8 heteroatoms. The number of aryl methyl sites for hydroxylation is 1. The number of carbonyl (C=O) groups excluding carboxylic acids is 1. The van der Waals surface area contributed by atoms with Gasteiger partial charge in [-0.25, -0.2) is 9.78 Å². The van der Waals surface area contributed by atoms with E-state index in [4.69, 9.17) is 39.5 Å². The van der Waals surface area contributed by atoms with Crippen LogP contribution in [0.4, 0.5) is 4.79 Å². The molecule has 0 aliphatic heterocycles. The summed E-state index contributed by atoms with van der Waals surface area (Å²) in [5, 5.41) is 1.12. The first-order valence-corrected chi connectivity index (χ1v) is 8.63. The van der Waals surface area contributed by atoms with E-state index in [2.05, 4.69) is 4.98 Å². The van der Waals surface area contributed by atoms with Crippen molar-refractivity contribution < 1.29 is 9.53 Å². The molecular weight excluding hydrogens is 373 g/mol. The molecule has 0 aliphatic rings. The van der Waals surface area contributed by atoms with Crippen LogP contribution in [0.1, 0.15) is 19.0 Å². The number of aromatic nitrogens is 2. The highest BCUT2D eigenvalue weighted by Crippen LogP contribution is 2.35. The topological polar surface area (TPSA) is 47.4 Å². The minimum atomic E-state index is -0.144. The third kappa shape index (κ3) is 4.79. The maximum atomic E-state index is 12.5. The van der Waals surface area contributed by atoms with Crippen molar-refractivity contribution in [3.8, 4) is 5.75 Å². The molecule has 2 rings (SSSR count). The Balaban J connectivity index is 2.01. The number of amides is 1. The number of nitrogens with zero attached hydrogens (tertiary/aromatic N) is 3. The number of rotatable bonds is 6. The van der Waals surface area contributed by atoms with Gasteiger partial charge in [0.2, 0.25) is 0 Å². The molecule has 2 aromatic rings. The Kier molecular flexibility index (Phi) is 6.78. The number of halogens is 3. The number of hydrogen-bond acceptors (Lipinski definition) is 3. The molecule has 24 heavy (non-hydrogen) atoms. The lowest BCUT2D eigenvalue weighted by Gasteiger charge is -2.22. The average Bonchev–Trinajstić information content (AvgIpc) is 2.94. The summed E-state index contributed by atoms with van der Waals surface area (Å²) in [5.41, 5.74) is 0.788. The molecule has 0 saturated carbocycles. The molecule has 0 aliphatic carbocycles. The fourth-order valence-electron chi connectivity index (χ4n) is 2.19. The Bertz CT molecular complexity index is 695. The van der Waals surface area contributed by atoms with Gasteiger partial charge in [-0.1, -0.05) is 41.7 Å². The summed E-state index contributed by atoms with van der Waals surface area (Å²) >= 11 is 18.0. The van der Waals surface area contributed by atoms with Gasteiger partial charge in [-0.05, 0) is 25.5 Å². The molecule has 130 valence electrons. The lowest BCUT2D eigenvalue weighted by molar-refractivity contribution is 0.184. The molecule has 0 unspecified atom stereocenters. The molecular formula is C16H18Cl3N3O2. The molecule has 0 radical (unpaired) electrons. The molecule has 5 nitrogen and oxygen atoms in total. The number of carbonyl (C=O) groups is 1. The summed E-state index contributed by atoms with van der Waals surface area (Å²) < 4.78 is 7.11. The summed E-state index contributed by atoms with van der Waals surface area (Å²) in [4.78, 5) is 18.3. The van der Waals surface area contributed by atoms with Crippen molar-refractivity contribution in [2.45, 2.75) is 20.3 Å². The molecule has 0 fully saturated rings. The van der Waals surface area contributed by atoms with E-state index in [1.54, 1.807) is 23.2 Å². The first-order valence-electron chi connectivity index (χ1n) is 7.49. The van der Waals surface area contributed by atoms with Gasteiger partial charge in [0, 0.05) is 17.8 Å². The van der Waals surface area contributed by atoms with Crippen molar-refractivity contribution >= 4 is 40.8 Å². The van der Waals surface area contributed by atoms with Crippen LogP contribution >= 0.6 is 34.8 Å². The fourth-order valence-corrected chi connectivity index (χ4v) is 3.11. The van der Waals surface area contributed by atoms with Crippen LogP contribution in [0.5, 0.6) is 5.75 Å². The first-order chi connectivity index (χ1) is 11.4. The molecule has 0 N–H and O–H groups in total. The van der Waals surface area contributed by atoms with Gasteiger partial charge in [0.25, 0.3) is 0 Å². The van der Waals surface area contributed by atoms with Crippen molar-refractivity contribution in [2.75, 3.05) is 19.7 Å². The van der Waals surface area contributed by atoms with Gasteiger partial charge in [0.1, 0.15) is 12.9 Å². The Morgan fingerprint density at radius 2 is 1.92 bits per heavy atom. The van der Waals surface area contributed by atoms with Gasteiger partial charge in [-0.15, -0.1) is 0 Å². The van der Waals surface area contributed by atoms with E-state index >= 15 is 0 Å². The van der Waals surface area contributed by atoms with Crippen LogP contribution in [0, 0.1) is 6.92 Å². The van der Waals surface area contributed by atoms with Crippen molar-refractivity contribution in [3.63, 3.8) is 0 Å². The smallest absolute Gasteiger partial charge is 0.329 e. The SMILES string of the molecule is CCCN(CCOc1c(Cl)cc(Cl)cc1Cl)C(=O)n1cnc(C)c1. The molecule has 0 atom stereocenters. The second-order valence-electron chi connectivity index (χ2n) is 5.24. The Morgan fingerprint density at radius 3 is 2.46 bits per heavy atom. The van der Waals surface area contributed by atoms with Crippen molar-refractivity contribution in [1.29, 1.82) is 0 Å². The van der Waals surface area contributed by atoms with E-state index in [0.717, 1.165) is 12.1 Å². The van der Waals surface area contributed by atoms with Crippen LogP contribution in [-0.4, -0.2) is 40.2 Å². The van der Waals surface area contributed by atoms with Crippen LogP contribution in [0.25, 0.3) is 0 Å². The summed E-state index contributed by atoms with van der Waals surface area (Å²) in [6.07, 6.45) is 4.04. The molecule has 1 amide bonds. The molecule has 1 heterocycles. The van der Waals surface area contributed by atoms with Crippen molar-refractivity contribution in [2.24, 2.45) is 0 Å². The molecule has 0 spiro atoms. The monoisotopic (exact) mass is 389 g/mol. The highest BCUT2D eigenvalue weighted by atomic mass is 35.5. The minimum absolute atomic E-state index is 0.144. The van der Waals surface area contributed by atoms with E-state index in [9.17, 15) is 4.79 Å². The number of benzene rings is 1. The summed E-state index contributed by atoms with van der Waals surface area (Å²) in [6, 6.07) is 2.98. The van der Waals surface area contributed by atoms with Crippen molar-refractivity contribution in [3.05, 3.63) is 45.4 Å². The van der Waals surface area contributed by atoms with Crippen LogP contribution in [0.2, 0.25) is 15.1 Å². The quantitative estimate of drug-likeness (QED) is 0.704. The van der Waals surface area contributed by atoms with E-state index < -0.39 is 0 Å². The lowest BCUT2D eigenvalue weighted by Crippen LogP contribution is -2.37. The van der Waals surface area contributed by atoms with Gasteiger partial charge in [-0.3, -0.25) is 4.57 Å². The number of hydrogen-bond donors (Lipinski definition) is 0. The zero-order valence-corrected chi connectivity index (χ0v) is 15.7. The second-order valence-corrected chi connectivity index (χ2v) is 6.49. The Morgan fingerprint density at radius 1 is 1.25 bits per heavy atom. The zero-order chi connectivity index (χ0) is 17.7. The highest BCUT2D eigenvalue weighted by Gasteiger charge is 2.16. The standard InChI is InChI=1S/C16H18Cl3N3O2/c1-3-4-21(16(23)22-9-11(2)20-10-22)5-6-24-15-13(18)7-12(17)8-14(15)19/h7-10H,3-6H2,1-2H3. The van der Waals surface area contributed by atoms with E-state index in [1.165, 1.54) is 10.9 Å². The van der Waals surface area contributed by atoms with E-state index in [-0.39, 0.29) is 12.6 Å². The normalized spacial score (nSPS) is 10.7. The van der Waals surface area contributed by atoms with Gasteiger partial charge in [0.05, 0.1) is 22.3 Å². The Hall–Kier alpha value is -1.43. The van der Waals surface area contributed by atoms with Gasteiger partial charge >= 0.3 is 6.03 Å². The fraction of sp³-hybridized carbons (Fsp3) is 0.375. The third-order valence-electron chi connectivity index (χ3n) is 3.27. The second kappa shape index (κ2) is 8.60. The molecule has 1 aromatic carbocycles. The van der Waals surface area contributed by atoms with Gasteiger partial charge in [-0.2, -0.15) is 0 Å². The lowest BCUT2D eigenvalue weighted by atomic mass is 10.3. The average molecular weight is 391 g/mol. The summed E-state index contributed by atoms with van der Waals surface area (Å²) in [5.74, 6) is 0.366.